The third kappa shape index (κ3) is 2.92. The van der Waals surface area contributed by atoms with Gasteiger partial charge in [-0.05, 0) is 38.5 Å². The van der Waals surface area contributed by atoms with Crippen LogP contribution in [-0.4, -0.2) is 34.8 Å². The highest BCUT2D eigenvalue weighted by molar-refractivity contribution is 9.10. The van der Waals surface area contributed by atoms with Gasteiger partial charge < -0.3 is 16.0 Å². The topological polar surface area (TPSA) is 105 Å². The highest BCUT2D eigenvalue weighted by atomic mass is 79.9. The lowest BCUT2D eigenvalue weighted by atomic mass is 10.0. The molecule has 7 nitrogen and oxygen atoms in total. The van der Waals surface area contributed by atoms with E-state index in [1.165, 1.54) is 4.90 Å². The number of imide groups is 1. The predicted molar refractivity (Wildman–Crippen MR) is 86.2 cm³/mol. The number of carbonyl (C=O) groups excluding carboxylic acids is 3. The van der Waals surface area contributed by atoms with Gasteiger partial charge in [0.1, 0.15) is 12.1 Å². The van der Waals surface area contributed by atoms with Gasteiger partial charge in [-0.2, -0.15) is 0 Å². The highest BCUT2D eigenvalue weighted by Gasteiger charge is 2.46. The summed E-state index contributed by atoms with van der Waals surface area (Å²) in [7, 11) is 0. The van der Waals surface area contributed by atoms with Crippen LogP contribution in [0.4, 0.5) is 16.2 Å². The molecule has 0 radical (unpaired) electrons. The van der Waals surface area contributed by atoms with Crippen LogP contribution in [0.5, 0.6) is 0 Å². The second-order valence-electron chi connectivity index (χ2n) is 5.64. The Labute approximate surface area is 136 Å². The summed E-state index contributed by atoms with van der Waals surface area (Å²) in [4.78, 5) is 36.8. The first-order valence-electron chi connectivity index (χ1n) is 6.61. The molecular weight excluding hydrogens is 352 g/mol. The molecule has 22 heavy (non-hydrogen) atoms. The molecule has 0 bridgehead atoms. The lowest BCUT2D eigenvalue weighted by Gasteiger charge is -2.27. The minimum Gasteiger partial charge on any atom is -0.397 e. The van der Waals surface area contributed by atoms with Gasteiger partial charge in [0.15, 0.2) is 0 Å². The van der Waals surface area contributed by atoms with Crippen LogP contribution in [0, 0.1) is 6.92 Å². The van der Waals surface area contributed by atoms with Crippen LogP contribution >= 0.6 is 15.9 Å². The Morgan fingerprint density at radius 2 is 2.05 bits per heavy atom. The quantitative estimate of drug-likeness (QED) is 0.556. The molecule has 1 aromatic carbocycles. The number of urea groups is 1. The molecule has 2 rings (SSSR count). The van der Waals surface area contributed by atoms with Gasteiger partial charge in [0.25, 0.3) is 5.91 Å². The number of hydrogen-bond acceptors (Lipinski definition) is 4. The molecule has 0 saturated carbocycles. The van der Waals surface area contributed by atoms with Crippen molar-refractivity contribution in [2.75, 3.05) is 17.6 Å². The highest BCUT2D eigenvalue weighted by Crippen LogP contribution is 2.28. The number of hydrogen-bond donors (Lipinski definition) is 3. The van der Waals surface area contributed by atoms with E-state index in [9.17, 15) is 14.4 Å². The summed E-state index contributed by atoms with van der Waals surface area (Å²) >= 11 is 3.33. The Morgan fingerprint density at radius 1 is 1.41 bits per heavy atom. The van der Waals surface area contributed by atoms with E-state index in [1.54, 1.807) is 19.9 Å². The average Bonchev–Trinajstić information content (AvgIpc) is 2.58. The summed E-state index contributed by atoms with van der Waals surface area (Å²) < 4.78 is 0.781. The Hall–Kier alpha value is -2.09. The second kappa shape index (κ2) is 5.60. The summed E-state index contributed by atoms with van der Waals surface area (Å²) in [6.45, 7) is 4.75. The van der Waals surface area contributed by atoms with E-state index < -0.39 is 23.4 Å². The molecule has 1 aliphatic heterocycles. The zero-order valence-electron chi connectivity index (χ0n) is 12.5. The number of aryl methyl sites for hydroxylation is 1. The first-order valence-corrected chi connectivity index (χ1v) is 7.40. The monoisotopic (exact) mass is 368 g/mol. The zero-order chi connectivity index (χ0) is 16.7. The molecule has 118 valence electrons. The van der Waals surface area contributed by atoms with Gasteiger partial charge in [-0.15, -0.1) is 0 Å². The Bertz CT molecular complexity index is 672. The van der Waals surface area contributed by atoms with Crippen molar-refractivity contribution in [1.29, 1.82) is 0 Å². The van der Waals surface area contributed by atoms with Crippen LogP contribution in [0.15, 0.2) is 16.6 Å². The van der Waals surface area contributed by atoms with E-state index in [0.717, 1.165) is 10.0 Å². The van der Waals surface area contributed by atoms with Crippen molar-refractivity contribution in [2.45, 2.75) is 26.3 Å². The van der Waals surface area contributed by atoms with E-state index in [1.807, 2.05) is 13.0 Å². The van der Waals surface area contributed by atoms with E-state index in [0.29, 0.717) is 11.4 Å². The predicted octanol–water partition coefficient (Wildman–Crippen LogP) is 1.61. The van der Waals surface area contributed by atoms with E-state index in [-0.39, 0.29) is 6.54 Å². The number of benzene rings is 1. The molecule has 4 N–H and O–H groups in total. The van der Waals surface area contributed by atoms with Crippen molar-refractivity contribution < 1.29 is 14.4 Å². The van der Waals surface area contributed by atoms with Crippen LogP contribution in [0.1, 0.15) is 19.4 Å². The molecule has 4 amide bonds. The fourth-order valence-electron chi connectivity index (χ4n) is 2.15. The van der Waals surface area contributed by atoms with Crippen molar-refractivity contribution in [3.05, 3.63) is 22.2 Å². The van der Waals surface area contributed by atoms with Gasteiger partial charge in [-0.1, -0.05) is 15.9 Å². The summed E-state index contributed by atoms with van der Waals surface area (Å²) in [6.07, 6.45) is 0. The summed E-state index contributed by atoms with van der Waals surface area (Å²) in [5, 5.41) is 4.86. The van der Waals surface area contributed by atoms with E-state index in [4.69, 9.17) is 5.73 Å². The molecule has 0 unspecified atom stereocenters. The van der Waals surface area contributed by atoms with Crippen molar-refractivity contribution in [3.8, 4) is 0 Å². The number of nitrogens with zero attached hydrogens (tertiary/aromatic N) is 1. The van der Waals surface area contributed by atoms with Gasteiger partial charge in [0, 0.05) is 4.47 Å². The number of nitrogen functional groups attached to an aromatic ring is 1. The number of carbonyl (C=O) groups is 3. The Morgan fingerprint density at radius 3 is 2.59 bits per heavy atom. The largest absolute Gasteiger partial charge is 0.397 e. The van der Waals surface area contributed by atoms with Gasteiger partial charge in [-0.3, -0.25) is 14.9 Å². The number of halogens is 1. The molecule has 1 aromatic rings. The van der Waals surface area contributed by atoms with Crippen LogP contribution in [-0.2, 0) is 9.59 Å². The standard InChI is InChI=1S/C14H17BrN4O3/c1-7-4-8(15)5-9(11(7)16)17-10(20)6-19-13(22)18-12(21)14(19,2)3/h4-5H,6,16H2,1-3H3,(H,17,20)(H,18,21,22). The van der Waals surface area contributed by atoms with Crippen LogP contribution in [0.3, 0.4) is 0 Å². The van der Waals surface area contributed by atoms with Gasteiger partial charge in [-0.25, -0.2) is 4.79 Å². The van der Waals surface area contributed by atoms with Crippen molar-refractivity contribution in [3.63, 3.8) is 0 Å². The first kappa shape index (κ1) is 16.3. The molecule has 1 aliphatic rings. The maximum Gasteiger partial charge on any atom is 0.325 e. The lowest BCUT2D eigenvalue weighted by molar-refractivity contribution is -0.126. The van der Waals surface area contributed by atoms with Crippen LogP contribution in [0.2, 0.25) is 0 Å². The molecule has 0 atom stereocenters. The number of nitrogens with one attached hydrogen (secondary N) is 2. The Balaban J connectivity index is 2.15. The van der Waals surface area contributed by atoms with Crippen LogP contribution in [0.25, 0.3) is 0 Å². The third-order valence-electron chi connectivity index (χ3n) is 3.62. The summed E-state index contributed by atoms with van der Waals surface area (Å²) in [5.74, 6) is -0.856. The molecule has 1 heterocycles. The average molecular weight is 369 g/mol. The van der Waals surface area contributed by atoms with Gasteiger partial charge in [0.05, 0.1) is 11.4 Å². The maximum atomic E-state index is 12.2. The molecule has 0 aliphatic carbocycles. The zero-order valence-corrected chi connectivity index (χ0v) is 14.1. The molecule has 1 saturated heterocycles. The van der Waals surface area contributed by atoms with Crippen molar-refractivity contribution in [1.82, 2.24) is 10.2 Å². The maximum absolute atomic E-state index is 12.2. The number of nitrogens with two attached hydrogens (primary N) is 1. The molecular formula is C14H17BrN4O3. The van der Waals surface area contributed by atoms with E-state index >= 15 is 0 Å². The van der Waals surface area contributed by atoms with Crippen molar-refractivity contribution in [2.24, 2.45) is 0 Å². The minimum atomic E-state index is -1.06. The van der Waals surface area contributed by atoms with Gasteiger partial charge in [0.2, 0.25) is 5.91 Å². The second-order valence-corrected chi connectivity index (χ2v) is 6.55. The molecule has 0 aromatic heterocycles. The number of rotatable bonds is 3. The molecule has 0 spiro atoms. The number of anilines is 2. The minimum absolute atomic E-state index is 0.241. The smallest absolute Gasteiger partial charge is 0.325 e. The lowest BCUT2D eigenvalue weighted by Crippen LogP contribution is -2.47. The van der Waals surface area contributed by atoms with Crippen molar-refractivity contribution >= 4 is 45.2 Å². The normalized spacial score (nSPS) is 16.6. The molecule has 8 heteroatoms. The summed E-state index contributed by atoms with van der Waals surface area (Å²) in [6, 6.07) is 2.94. The SMILES string of the molecule is Cc1cc(Br)cc(NC(=O)CN2C(=O)NC(=O)C2(C)C)c1N. The number of amides is 4. The third-order valence-corrected chi connectivity index (χ3v) is 4.08. The fraction of sp³-hybridized carbons (Fsp3) is 0.357. The first-order chi connectivity index (χ1) is 10.1. The summed E-state index contributed by atoms with van der Waals surface area (Å²) in [5.41, 5.74) is 6.60. The fourth-order valence-corrected chi connectivity index (χ4v) is 2.73. The van der Waals surface area contributed by atoms with E-state index in [2.05, 4.69) is 26.6 Å². The van der Waals surface area contributed by atoms with Crippen LogP contribution < -0.4 is 16.4 Å². The molecule has 1 fully saturated rings. The Kier molecular flexibility index (Phi) is 4.15. The van der Waals surface area contributed by atoms with Gasteiger partial charge >= 0.3 is 6.03 Å².